The Labute approximate surface area is 265 Å². The highest BCUT2D eigenvalue weighted by atomic mass is 32.2. The predicted molar refractivity (Wildman–Crippen MR) is 169 cm³/mol. The fraction of sp³-hybridized carbons (Fsp3) is 0.588. The molecule has 1 saturated heterocycles. The predicted octanol–water partition coefficient (Wildman–Crippen LogP) is 5.26. The zero-order valence-corrected chi connectivity index (χ0v) is 27.0. The minimum atomic E-state index is -3.79. The Balaban J connectivity index is 1.40. The molecule has 1 aliphatic heterocycles. The molecule has 0 radical (unpaired) electrons. The number of benzene rings is 2. The highest BCUT2D eigenvalue weighted by Gasteiger charge is 2.40. The van der Waals surface area contributed by atoms with E-state index in [2.05, 4.69) is 10.0 Å². The SMILES string of the molecule is [2H]C([2H])([2H])N1CC(C)(C)C[C@H]1C(=O)N[C@@H]1CC[C@@H](Oc2ccc(C(C)(C)C(=O)NS(C)(=O)=O)cc2-c2cccc(F)c2C2CCC2)C1. The van der Waals surface area contributed by atoms with E-state index in [4.69, 9.17) is 8.85 Å². The van der Waals surface area contributed by atoms with Crippen molar-refractivity contribution in [2.75, 3.05) is 19.8 Å². The van der Waals surface area contributed by atoms with Crippen molar-refractivity contribution in [1.82, 2.24) is 14.9 Å². The summed E-state index contributed by atoms with van der Waals surface area (Å²) in [6.07, 6.45) is 5.67. The quantitative estimate of drug-likeness (QED) is 0.392. The third kappa shape index (κ3) is 6.96. The topological polar surface area (TPSA) is 105 Å². The van der Waals surface area contributed by atoms with Gasteiger partial charge in [0.1, 0.15) is 17.7 Å². The Hall–Kier alpha value is -2.98. The van der Waals surface area contributed by atoms with Gasteiger partial charge in [0.05, 0.1) is 17.7 Å². The average Bonchev–Trinajstić information content (AvgIpc) is 3.50. The van der Waals surface area contributed by atoms with E-state index in [9.17, 15) is 18.0 Å². The smallest absolute Gasteiger partial charge is 0.243 e. The highest BCUT2D eigenvalue weighted by molar-refractivity contribution is 7.89. The van der Waals surface area contributed by atoms with Crippen molar-refractivity contribution in [3.05, 3.63) is 53.3 Å². The summed E-state index contributed by atoms with van der Waals surface area (Å²) in [4.78, 5) is 27.7. The Morgan fingerprint density at radius 3 is 2.52 bits per heavy atom. The molecule has 240 valence electrons. The molecule has 0 aromatic heterocycles. The number of amides is 2. The lowest BCUT2D eigenvalue weighted by molar-refractivity contribution is -0.126. The molecule has 5 rings (SSSR count). The Morgan fingerprint density at radius 1 is 1.11 bits per heavy atom. The first-order valence-corrected chi connectivity index (χ1v) is 17.3. The number of hydrogen-bond donors (Lipinski definition) is 2. The van der Waals surface area contributed by atoms with Crippen LogP contribution in [-0.2, 0) is 25.0 Å². The molecular weight excluding hydrogens is 581 g/mol. The average molecular weight is 631 g/mol. The summed E-state index contributed by atoms with van der Waals surface area (Å²) in [6, 6.07) is 9.27. The van der Waals surface area contributed by atoms with Gasteiger partial charge in [0.15, 0.2) is 0 Å². The summed E-state index contributed by atoms with van der Waals surface area (Å²) >= 11 is 0. The Bertz CT molecular complexity index is 1640. The minimum Gasteiger partial charge on any atom is -0.490 e. The number of halogens is 1. The molecule has 44 heavy (non-hydrogen) atoms. The molecule has 0 spiro atoms. The van der Waals surface area contributed by atoms with Crippen molar-refractivity contribution in [2.24, 2.45) is 5.41 Å². The van der Waals surface area contributed by atoms with Crippen LogP contribution in [0, 0.1) is 11.2 Å². The lowest BCUT2D eigenvalue weighted by Gasteiger charge is -2.30. The van der Waals surface area contributed by atoms with E-state index in [1.165, 1.54) is 11.0 Å². The first-order chi connectivity index (χ1) is 21.7. The Kier molecular flexibility index (Phi) is 7.82. The van der Waals surface area contributed by atoms with Gasteiger partial charge in [-0.2, -0.15) is 0 Å². The molecule has 8 nitrogen and oxygen atoms in total. The van der Waals surface area contributed by atoms with Crippen LogP contribution in [-0.4, -0.2) is 63.1 Å². The van der Waals surface area contributed by atoms with E-state index in [0.29, 0.717) is 60.2 Å². The zero-order chi connectivity index (χ0) is 34.5. The third-order valence-corrected chi connectivity index (χ3v) is 10.0. The lowest BCUT2D eigenvalue weighted by atomic mass is 9.76. The summed E-state index contributed by atoms with van der Waals surface area (Å²) in [5.74, 6) is -0.716. The van der Waals surface area contributed by atoms with Crippen molar-refractivity contribution in [3.8, 4) is 16.9 Å². The van der Waals surface area contributed by atoms with Crippen LogP contribution in [0.15, 0.2) is 36.4 Å². The zero-order valence-electron chi connectivity index (χ0n) is 29.2. The minimum absolute atomic E-state index is 0.0605. The van der Waals surface area contributed by atoms with Crippen LogP contribution in [0.25, 0.3) is 11.1 Å². The molecule has 0 unspecified atom stereocenters. The van der Waals surface area contributed by atoms with E-state index in [-0.39, 0.29) is 35.2 Å². The van der Waals surface area contributed by atoms with E-state index in [1.807, 2.05) is 19.9 Å². The molecule has 2 aromatic carbocycles. The maximum atomic E-state index is 15.4. The number of ether oxygens (including phenoxy) is 1. The first kappa shape index (κ1) is 28.5. The van der Waals surface area contributed by atoms with E-state index >= 15 is 4.39 Å². The molecule has 2 aliphatic carbocycles. The van der Waals surface area contributed by atoms with Crippen LogP contribution in [0.1, 0.15) is 93.8 Å². The molecule has 2 N–H and O–H groups in total. The van der Waals surface area contributed by atoms with Gasteiger partial charge in [-0.25, -0.2) is 12.8 Å². The lowest BCUT2D eigenvalue weighted by Crippen LogP contribution is -2.45. The van der Waals surface area contributed by atoms with Gasteiger partial charge in [0, 0.05) is 28.7 Å². The van der Waals surface area contributed by atoms with Gasteiger partial charge in [-0.05, 0) is 99.1 Å². The summed E-state index contributed by atoms with van der Waals surface area (Å²) in [5.41, 5.74) is 0.893. The number of sulfonamides is 1. The van der Waals surface area contributed by atoms with Gasteiger partial charge in [-0.3, -0.25) is 19.2 Å². The number of likely N-dealkylation sites (tertiary alicyclic amines) is 1. The van der Waals surface area contributed by atoms with Crippen LogP contribution in [0.3, 0.4) is 0 Å². The largest absolute Gasteiger partial charge is 0.490 e. The standard InChI is InChI=1S/C34H46FN3O5S/c1-33(2)19-28(38(5)20-33)31(39)36-23-14-15-24(18-23)43-29-16-13-22(34(3,4)32(40)37-44(6,41)42)17-26(29)25-11-8-12-27(35)30(25)21-9-7-10-21/h8,11-13,16-17,21,23-24,28H,7,9-10,14-15,18-20H2,1-6H3,(H,36,39)(H,37,40)/t23-,24-,28+/m1/s1/i5D3. The molecule has 0 bridgehead atoms. The normalized spacial score (nSPS) is 25.4. The van der Waals surface area contributed by atoms with Crippen molar-refractivity contribution in [2.45, 2.75) is 102 Å². The number of hydrogen-bond acceptors (Lipinski definition) is 6. The van der Waals surface area contributed by atoms with Crippen LogP contribution >= 0.6 is 0 Å². The fourth-order valence-corrected chi connectivity index (χ4v) is 7.29. The van der Waals surface area contributed by atoms with Gasteiger partial charge in [-0.15, -0.1) is 0 Å². The summed E-state index contributed by atoms with van der Waals surface area (Å²) in [6.45, 7) is 5.15. The van der Waals surface area contributed by atoms with E-state index in [1.54, 1.807) is 38.1 Å². The van der Waals surface area contributed by atoms with Gasteiger partial charge in [0.2, 0.25) is 21.8 Å². The summed E-state index contributed by atoms with van der Waals surface area (Å²) < 4.78 is 71.6. The summed E-state index contributed by atoms with van der Waals surface area (Å²) in [7, 11) is -3.79. The van der Waals surface area contributed by atoms with Crippen LogP contribution < -0.4 is 14.8 Å². The van der Waals surface area contributed by atoms with Gasteiger partial charge >= 0.3 is 0 Å². The first-order valence-electron chi connectivity index (χ1n) is 16.9. The van der Waals surface area contributed by atoms with Crippen LogP contribution in [0.5, 0.6) is 5.75 Å². The van der Waals surface area contributed by atoms with Crippen LogP contribution in [0.2, 0.25) is 0 Å². The molecular formula is C34H46FN3O5S. The molecule has 3 atom stereocenters. The number of carbonyl (C=O) groups is 2. The molecule has 10 heteroatoms. The second kappa shape index (κ2) is 12.1. The molecule has 3 fully saturated rings. The highest BCUT2D eigenvalue weighted by Crippen LogP contribution is 2.46. The maximum absolute atomic E-state index is 15.4. The monoisotopic (exact) mass is 630 g/mol. The van der Waals surface area contributed by atoms with E-state index in [0.717, 1.165) is 25.5 Å². The van der Waals surface area contributed by atoms with Gasteiger partial charge in [-0.1, -0.05) is 38.5 Å². The number of carbonyl (C=O) groups excluding carboxylic acids is 2. The number of nitrogens with zero attached hydrogens (tertiary/aromatic N) is 1. The third-order valence-electron chi connectivity index (χ3n) is 9.45. The molecule has 2 aromatic rings. The van der Waals surface area contributed by atoms with Crippen molar-refractivity contribution >= 4 is 21.8 Å². The molecule has 1 heterocycles. The van der Waals surface area contributed by atoms with Crippen molar-refractivity contribution < 1.29 is 31.2 Å². The second-order valence-electron chi connectivity index (χ2n) is 14.1. The van der Waals surface area contributed by atoms with Crippen molar-refractivity contribution in [1.29, 1.82) is 0 Å². The van der Waals surface area contributed by atoms with Gasteiger partial charge < -0.3 is 10.1 Å². The fourth-order valence-electron chi connectivity index (χ4n) is 6.70. The summed E-state index contributed by atoms with van der Waals surface area (Å²) in [5, 5.41) is 3.08. The molecule has 3 aliphatic rings. The van der Waals surface area contributed by atoms with Crippen molar-refractivity contribution in [3.63, 3.8) is 0 Å². The molecule has 2 amide bonds. The number of rotatable bonds is 9. The van der Waals surface area contributed by atoms with Crippen LogP contribution in [0.4, 0.5) is 4.39 Å². The van der Waals surface area contributed by atoms with Gasteiger partial charge in [0.25, 0.3) is 0 Å². The Morgan fingerprint density at radius 2 is 1.86 bits per heavy atom. The second-order valence-corrected chi connectivity index (χ2v) is 15.9. The maximum Gasteiger partial charge on any atom is 0.243 e. The number of nitrogens with one attached hydrogen (secondary N) is 2. The van der Waals surface area contributed by atoms with E-state index < -0.39 is 34.4 Å². The molecule has 2 saturated carbocycles. The number of likely N-dealkylation sites (N-methyl/N-ethyl adjacent to an activating group) is 1.